The van der Waals surface area contributed by atoms with Gasteiger partial charge in [0.05, 0.1) is 29.2 Å². The van der Waals surface area contributed by atoms with Gasteiger partial charge in [-0.1, -0.05) is 0 Å². The summed E-state index contributed by atoms with van der Waals surface area (Å²) < 4.78 is 75.3. The Kier molecular flexibility index (Phi) is 7.06. The van der Waals surface area contributed by atoms with Crippen LogP contribution in [0.1, 0.15) is 12.5 Å². The summed E-state index contributed by atoms with van der Waals surface area (Å²) in [6, 6.07) is 2.60. The number of hydrogen-bond acceptors (Lipinski definition) is 5. The van der Waals surface area contributed by atoms with Crippen molar-refractivity contribution in [2.24, 2.45) is 0 Å². The van der Waals surface area contributed by atoms with Gasteiger partial charge >= 0.3 is 11.9 Å². The van der Waals surface area contributed by atoms with Crippen molar-refractivity contribution in [1.29, 1.82) is 0 Å². The summed E-state index contributed by atoms with van der Waals surface area (Å²) in [4.78, 5) is 28.0. The number of H-pyrrole nitrogens is 2. The van der Waals surface area contributed by atoms with Gasteiger partial charge in [-0.2, -0.15) is 13.2 Å². The number of hydrogen-bond donors (Lipinski definition) is 3. The van der Waals surface area contributed by atoms with Gasteiger partial charge in [0.25, 0.3) is 5.56 Å². The molecule has 3 rings (SSSR count). The third kappa shape index (κ3) is 4.87. The first-order chi connectivity index (χ1) is 15.1. The third-order valence-corrected chi connectivity index (χ3v) is 5.75. The molecule has 1 heterocycles. The highest BCUT2D eigenvalue weighted by atomic mass is 32.2. The van der Waals surface area contributed by atoms with Gasteiger partial charge in [0.2, 0.25) is 0 Å². The Morgan fingerprint density at radius 2 is 1.88 bits per heavy atom. The highest BCUT2D eigenvalue weighted by Crippen LogP contribution is 2.45. The zero-order valence-electron chi connectivity index (χ0n) is 16.5. The fraction of sp³-hybridized carbons (Fsp3) is 0.300. The van der Waals surface area contributed by atoms with E-state index in [0.717, 1.165) is 23.9 Å². The highest BCUT2D eigenvalue weighted by molar-refractivity contribution is 7.99. The molecule has 3 N–H and O–H groups in total. The van der Waals surface area contributed by atoms with Gasteiger partial charge in [0, 0.05) is 34.4 Å². The van der Waals surface area contributed by atoms with Crippen LogP contribution < -0.4 is 11.2 Å². The SMILES string of the molecule is CCO[C@@H](CO)CSc1c(-c2ccc(F)cc2F)c(C(F)(F)F)cc2c(=O)[nH]c(=O)[nH]c12. The maximum absolute atomic E-state index is 14.6. The zero-order valence-corrected chi connectivity index (χ0v) is 17.3. The van der Waals surface area contributed by atoms with Gasteiger partial charge in [-0.3, -0.25) is 9.78 Å². The molecule has 0 spiro atoms. The largest absolute Gasteiger partial charge is 0.417 e. The predicted octanol–water partition coefficient (Wildman–Crippen LogP) is 3.67. The van der Waals surface area contributed by atoms with Crippen molar-refractivity contribution in [2.45, 2.75) is 24.1 Å². The summed E-state index contributed by atoms with van der Waals surface area (Å²) >= 11 is 0.736. The standard InChI is InChI=1S/C20H17F5N2O4S/c1-2-31-10(7-28)8-32-17-15(11-4-3-9(21)5-14(11)22)13(20(23,24)25)6-12-16(17)26-19(30)27-18(12)29/h3-6,10,28H,2,7-8H2,1H3,(H2,26,27,29,30)/t10-/m0/s1. The molecular formula is C20H17F5N2O4S. The number of halogens is 5. The van der Waals surface area contributed by atoms with E-state index in [0.29, 0.717) is 12.1 Å². The minimum absolute atomic E-state index is 0.0780. The zero-order chi connectivity index (χ0) is 23.6. The Morgan fingerprint density at radius 1 is 1.16 bits per heavy atom. The van der Waals surface area contributed by atoms with Crippen LogP contribution in [0.4, 0.5) is 22.0 Å². The summed E-state index contributed by atoms with van der Waals surface area (Å²) in [5.41, 5.74) is -4.86. The highest BCUT2D eigenvalue weighted by Gasteiger charge is 2.37. The normalized spacial score (nSPS) is 13.0. The first-order valence-corrected chi connectivity index (χ1v) is 10.3. The number of fused-ring (bicyclic) bond motifs is 1. The lowest BCUT2D eigenvalue weighted by molar-refractivity contribution is -0.137. The first kappa shape index (κ1) is 24.0. The van der Waals surface area contributed by atoms with Gasteiger partial charge in [0.15, 0.2) is 0 Å². The molecule has 1 atom stereocenters. The van der Waals surface area contributed by atoms with Crippen LogP contribution in [0, 0.1) is 11.6 Å². The maximum atomic E-state index is 14.6. The predicted molar refractivity (Wildman–Crippen MR) is 109 cm³/mol. The van der Waals surface area contributed by atoms with Crippen molar-refractivity contribution < 1.29 is 31.8 Å². The summed E-state index contributed by atoms with van der Waals surface area (Å²) in [6.07, 6.45) is -5.80. The monoisotopic (exact) mass is 476 g/mol. The number of aromatic nitrogens is 2. The second-order valence-corrected chi connectivity index (χ2v) is 7.68. The number of aromatic amines is 2. The quantitative estimate of drug-likeness (QED) is 0.357. The van der Waals surface area contributed by atoms with Crippen LogP contribution in [-0.2, 0) is 10.9 Å². The summed E-state index contributed by atoms with van der Waals surface area (Å²) in [5, 5.41) is 8.98. The Bertz CT molecular complexity index is 1260. The Balaban J connectivity index is 2.41. The van der Waals surface area contributed by atoms with E-state index < -0.39 is 63.8 Å². The van der Waals surface area contributed by atoms with E-state index in [1.165, 1.54) is 0 Å². The lowest BCUT2D eigenvalue weighted by Gasteiger charge is -2.21. The van der Waals surface area contributed by atoms with E-state index >= 15 is 0 Å². The number of alkyl halides is 3. The number of aliphatic hydroxyl groups excluding tert-OH is 1. The van der Waals surface area contributed by atoms with E-state index in [2.05, 4.69) is 4.98 Å². The van der Waals surface area contributed by atoms with E-state index in [1.807, 2.05) is 4.98 Å². The van der Waals surface area contributed by atoms with Crippen molar-refractivity contribution >= 4 is 22.7 Å². The van der Waals surface area contributed by atoms with Crippen LogP contribution >= 0.6 is 11.8 Å². The van der Waals surface area contributed by atoms with E-state index in [1.54, 1.807) is 6.92 Å². The van der Waals surface area contributed by atoms with Crippen molar-refractivity contribution in [3.8, 4) is 11.1 Å². The van der Waals surface area contributed by atoms with Gasteiger partial charge in [-0.15, -0.1) is 11.8 Å². The molecule has 0 saturated heterocycles. The topological polar surface area (TPSA) is 95.2 Å². The van der Waals surface area contributed by atoms with Gasteiger partial charge < -0.3 is 14.8 Å². The number of ether oxygens (including phenoxy) is 1. The number of benzene rings is 2. The van der Waals surface area contributed by atoms with Crippen LogP contribution in [0.15, 0.2) is 38.8 Å². The first-order valence-electron chi connectivity index (χ1n) is 9.28. The molecule has 3 aromatic rings. The molecule has 0 aliphatic carbocycles. The molecule has 0 unspecified atom stereocenters. The second kappa shape index (κ2) is 9.43. The van der Waals surface area contributed by atoms with Crippen LogP contribution in [0.5, 0.6) is 0 Å². The minimum Gasteiger partial charge on any atom is -0.394 e. The van der Waals surface area contributed by atoms with Crippen LogP contribution in [0.25, 0.3) is 22.0 Å². The molecule has 0 saturated carbocycles. The number of rotatable bonds is 7. The Morgan fingerprint density at radius 3 is 2.47 bits per heavy atom. The minimum atomic E-state index is -5.02. The molecule has 0 aliphatic heterocycles. The molecule has 0 bridgehead atoms. The molecule has 0 fully saturated rings. The second-order valence-electron chi connectivity index (χ2n) is 6.65. The molecule has 0 amide bonds. The van der Waals surface area contributed by atoms with Crippen molar-refractivity contribution in [3.05, 3.63) is 62.3 Å². The average molecular weight is 476 g/mol. The summed E-state index contributed by atoms with van der Waals surface area (Å²) in [7, 11) is 0. The van der Waals surface area contributed by atoms with Crippen molar-refractivity contribution in [1.82, 2.24) is 9.97 Å². The smallest absolute Gasteiger partial charge is 0.394 e. The number of thioether (sulfide) groups is 1. The summed E-state index contributed by atoms with van der Waals surface area (Å²) in [6.45, 7) is 1.42. The van der Waals surface area contributed by atoms with E-state index in [9.17, 15) is 36.6 Å². The van der Waals surface area contributed by atoms with Crippen LogP contribution in [-0.4, -0.2) is 40.1 Å². The Labute approximate surface area is 181 Å². The average Bonchev–Trinajstić information content (AvgIpc) is 2.70. The molecule has 0 aliphatic rings. The molecule has 6 nitrogen and oxygen atoms in total. The lowest BCUT2D eigenvalue weighted by atomic mass is 9.96. The van der Waals surface area contributed by atoms with Crippen molar-refractivity contribution in [2.75, 3.05) is 19.0 Å². The molecule has 2 aromatic carbocycles. The fourth-order valence-corrected chi connectivity index (χ4v) is 4.39. The molecular weight excluding hydrogens is 459 g/mol. The summed E-state index contributed by atoms with van der Waals surface area (Å²) in [5.74, 6) is -2.32. The molecule has 172 valence electrons. The van der Waals surface area contributed by atoms with Gasteiger partial charge in [0.1, 0.15) is 11.6 Å². The Hall–Kier alpha value is -2.70. The molecule has 32 heavy (non-hydrogen) atoms. The van der Waals surface area contributed by atoms with Crippen LogP contribution in [0.2, 0.25) is 0 Å². The fourth-order valence-electron chi connectivity index (χ4n) is 3.17. The van der Waals surface area contributed by atoms with Crippen molar-refractivity contribution in [3.63, 3.8) is 0 Å². The number of aliphatic hydroxyl groups is 1. The maximum Gasteiger partial charge on any atom is 0.417 e. The van der Waals surface area contributed by atoms with E-state index in [4.69, 9.17) is 4.74 Å². The lowest BCUT2D eigenvalue weighted by Crippen LogP contribution is -2.24. The molecule has 0 radical (unpaired) electrons. The van der Waals surface area contributed by atoms with Gasteiger partial charge in [-0.25, -0.2) is 13.6 Å². The molecule has 12 heteroatoms. The van der Waals surface area contributed by atoms with E-state index in [-0.39, 0.29) is 22.8 Å². The van der Waals surface area contributed by atoms with Gasteiger partial charge in [-0.05, 0) is 25.1 Å². The third-order valence-electron chi connectivity index (χ3n) is 4.52. The molecule has 1 aromatic heterocycles. The number of nitrogens with one attached hydrogen (secondary N) is 2. The van der Waals surface area contributed by atoms with Crippen LogP contribution in [0.3, 0.4) is 0 Å².